The summed E-state index contributed by atoms with van der Waals surface area (Å²) in [5, 5.41) is 3.78. The van der Waals surface area contributed by atoms with Gasteiger partial charge in [-0.15, -0.1) is 0 Å². The number of nitrogens with zero attached hydrogens (tertiary/aromatic N) is 2. The number of nitrogens with one attached hydrogen (secondary N) is 1. The van der Waals surface area contributed by atoms with Gasteiger partial charge in [0.1, 0.15) is 12.4 Å². The molecule has 1 aliphatic heterocycles. The Labute approximate surface area is 243 Å². The molecule has 1 N–H and O–H groups in total. The Hall–Kier alpha value is -2.79. The monoisotopic (exact) mass is 545 g/mol. The number of amides is 1. The highest BCUT2D eigenvalue weighted by atomic mass is 16.5. The maximum absolute atomic E-state index is 13.7. The van der Waals surface area contributed by atoms with Crippen LogP contribution in [0.1, 0.15) is 84.6 Å². The lowest BCUT2D eigenvalue weighted by molar-refractivity contribution is -0.135. The predicted molar refractivity (Wildman–Crippen MR) is 167 cm³/mol. The van der Waals surface area contributed by atoms with Gasteiger partial charge >= 0.3 is 0 Å². The Kier molecular flexibility index (Phi) is 11.5. The molecular formula is C35H51N3O2. The summed E-state index contributed by atoms with van der Waals surface area (Å²) in [5.41, 5.74) is 3.71. The third-order valence-electron chi connectivity index (χ3n) is 8.38. The van der Waals surface area contributed by atoms with Gasteiger partial charge in [0.05, 0.1) is 6.04 Å². The zero-order chi connectivity index (χ0) is 28.3. The molecule has 0 spiro atoms. The van der Waals surface area contributed by atoms with Crippen molar-refractivity contribution < 1.29 is 9.53 Å². The second kappa shape index (κ2) is 15.3. The van der Waals surface area contributed by atoms with Crippen molar-refractivity contribution in [1.82, 2.24) is 10.2 Å². The first kappa shape index (κ1) is 30.2. The van der Waals surface area contributed by atoms with E-state index in [1.54, 1.807) is 0 Å². The first-order valence-corrected chi connectivity index (χ1v) is 15.6. The smallest absolute Gasteiger partial charge is 0.239 e. The van der Waals surface area contributed by atoms with E-state index in [4.69, 9.17) is 4.74 Å². The number of carbonyl (C=O) groups excluding carboxylic acids is 1. The molecule has 5 heteroatoms. The highest BCUT2D eigenvalue weighted by Crippen LogP contribution is 2.27. The minimum Gasteiger partial charge on any atom is -0.489 e. The number of benzene rings is 2. The van der Waals surface area contributed by atoms with Crippen LogP contribution in [0.15, 0.2) is 66.2 Å². The highest BCUT2D eigenvalue weighted by molar-refractivity contribution is 5.82. The number of anilines is 1. The molecule has 1 saturated heterocycles. The summed E-state index contributed by atoms with van der Waals surface area (Å²) < 4.78 is 6.03. The van der Waals surface area contributed by atoms with E-state index in [-0.39, 0.29) is 6.04 Å². The second-order valence-corrected chi connectivity index (χ2v) is 12.4. The fraction of sp³-hybridized carbons (Fsp3) is 0.571. The van der Waals surface area contributed by atoms with E-state index < -0.39 is 0 Å². The molecule has 1 amide bonds. The lowest BCUT2D eigenvalue weighted by Crippen LogP contribution is -2.54. The Morgan fingerprint density at radius 1 is 0.975 bits per heavy atom. The maximum atomic E-state index is 13.7. The zero-order valence-electron chi connectivity index (χ0n) is 25.3. The molecule has 0 unspecified atom stereocenters. The van der Waals surface area contributed by atoms with Crippen LogP contribution in [0.3, 0.4) is 0 Å². The van der Waals surface area contributed by atoms with Gasteiger partial charge in [0.25, 0.3) is 0 Å². The normalized spacial score (nSPS) is 17.5. The standard InChI is InChI=1S/C35H51N3O2/c1-27(2)19-24-38(31-15-17-33(18-16-31)40-26-29-11-7-5-8-12-29)32-20-22-37(23-21-32)35(39)34(25-28(3)4)36-30-13-9-6-10-14-30/h5,7-8,11-12,15-19,28,30,32,34,36H,6,9-10,13-14,20-26H2,1-4H3/t34-/m0/s1. The number of ether oxygens (including phenoxy) is 1. The van der Waals surface area contributed by atoms with Gasteiger partial charge in [-0.05, 0) is 81.7 Å². The number of piperidine rings is 1. The van der Waals surface area contributed by atoms with Crippen LogP contribution in [0.5, 0.6) is 5.75 Å². The third-order valence-corrected chi connectivity index (χ3v) is 8.38. The van der Waals surface area contributed by atoms with Crippen molar-refractivity contribution in [3.05, 3.63) is 71.8 Å². The number of likely N-dealkylation sites (tertiary alicyclic amines) is 1. The van der Waals surface area contributed by atoms with Gasteiger partial charge in [0, 0.05) is 37.4 Å². The Morgan fingerprint density at radius 3 is 2.27 bits per heavy atom. The lowest BCUT2D eigenvalue weighted by atomic mass is 9.93. The maximum Gasteiger partial charge on any atom is 0.239 e. The molecule has 1 atom stereocenters. The molecule has 1 aliphatic carbocycles. The molecule has 2 aromatic carbocycles. The minimum atomic E-state index is -0.0511. The van der Waals surface area contributed by atoms with Crippen molar-refractivity contribution in [3.8, 4) is 5.75 Å². The fourth-order valence-electron chi connectivity index (χ4n) is 6.10. The van der Waals surface area contributed by atoms with Crippen LogP contribution in [0, 0.1) is 5.92 Å². The molecule has 5 nitrogen and oxygen atoms in total. The van der Waals surface area contributed by atoms with E-state index in [9.17, 15) is 4.79 Å². The summed E-state index contributed by atoms with van der Waals surface area (Å²) in [4.78, 5) is 18.4. The van der Waals surface area contributed by atoms with Crippen molar-refractivity contribution in [2.75, 3.05) is 24.5 Å². The largest absolute Gasteiger partial charge is 0.489 e. The van der Waals surface area contributed by atoms with E-state index in [2.05, 4.69) is 85.3 Å². The van der Waals surface area contributed by atoms with E-state index in [1.165, 1.54) is 48.9 Å². The third kappa shape index (κ3) is 9.12. The van der Waals surface area contributed by atoms with Gasteiger partial charge in [-0.2, -0.15) is 0 Å². The quantitative estimate of drug-likeness (QED) is 0.283. The van der Waals surface area contributed by atoms with Gasteiger partial charge < -0.3 is 19.9 Å². The average Bonchev–Trinajstić information content (AvgIpc) is 2.97. The van der Waals surface area contributed by atoms with Gasteiger partial charge in [-0.3, -0.25) is 4.79 Å². The molecule has 1 saturated carbocycles. The number of hydrogen-bond acceptors (Lipinski definition) is 4. The molecule has 40 heavy (non-hydrogen) atoms. The summed E-state index contributed by atoms with van der Waals surface area (Å²) in [5.74, 6) is 1.70. The number of allylic oxidation sites excluding steroid dienone is 1. The van der Waals surface area contributed by atoms with Crippen LogP contribution < -0.4 is 15.0 Å². The number of rotatable bonds is 12. The Balaban J connectivity index is 1.37. The van der Waals surface area contributed by atoms with Gasteiger partial charge in [0.15, 0.2) is 0 Å². The van der Waals surface area contributed by atoms with Crippen LogP contribution in [0.25, 0.3) is 0 Å². The Morgan fingerprint density at radius 2 is 1.65 bits per heavy atom. The summed E-state index contributed by atoms with van der Waals surface area (Å²) in [6.45, 7) is 11.9. The van der Waals surface area contributed by atoms with Crippen LogP contribution in [-0.2, 0) is 11.4 Å². The predicted octanol–water partition coefficient (Wildman–Crippen LogP) is 7.37. The zero-order valence-corrected chi connectivity index (χ0v) is 25.3. The lowest BCUT2D eigenvalue weighted by Gasteiger charge is -2.41. The summed E-state index contributed by atoms with van der Waals surface area (Å²) in [7, 11) is 0. The van der Waals surface area contributed by atoms with Crippen molar-refractivity contribution in [2.24, 2.45) is 5.92 Å². The summed E-state index contributed by atoms with van der Waals surface area (Å²) in [6.07, 6.45) is 11.5. The topological polar surface area (TPSA) is 44.8 Å². The number of hydrogen-bond donors (Lipinski definition) is 1. The van der Waals surface area contributed by atoms with Crippen molar-refractivity contribution in [2.45, 2.75) is 104 Å². The van der Waals surface area contributed by atoms with Crippen molar-refractivity contribution >= 4 is 11.6 Å². The van der Waals surface area contributed by atoms with Crippen molar-refractivity contribution in [3.63, 3.8) is 0 Å². The fourth-order valence-corrected chi connectivity index (χ4v) is 6.10. The van der Waals surface area contributed by atoms with Gasteiger partial charge in [-0.25, -0.2) is 0 Å². The second-order valence-electron chi connectivity index (χ2n) is 12.4. The molecule has 2 aromatic rings. The van der Waals surface area contributed by atoms with E-state index in [0.717, 1.165) is 44.6 Å². The summed E-state index contributed by atoms with van der Waals surface area (Å²) in [6, 6.07) is 19.7. The van der Waals surface area contributed by atoms with E-state index >= 15 is 0 Å². The van der Waals surface area contributed by atoms with Crippen LogP contribution >= 0.6 is 0 Å². The SMILES string of the molecule is CC(C)=CCN(c1ccc(OCc2ccccc2)cc1)C1CCN(C(=O)[C@H](CC(C)C)NC2CCCCC2)CC1. The minimum absolute atomic E-state index is 0.0511. The Bertz CT molecular complexity index is 1050. The van der Waals surface area contributed by atoms with E-state index in [1.807, 2.05) is 18.2 Å². The molecule has 0 bridgehead atoms. The molecule has 0 aromatic heterocycles. The highest BCUT2D eigenvalue weighted by Gasteiger charge is 2.32. The van der Waals surface area contributed by atoms with Crippen LogP contribution in [0.4, 0.5) is 5.69 Å². The molecule has 0 radical (unpaired) electrons. The van der Waals surface area contributed by atoms with Gasteiger partial charge in [-0.1, -0.05) is 75.1 Å². The number of carbonyl (C=O) groups is 1. The molecule has 2 fully saturated rings. The van der Waals surface area contributed by atoms with Gasteiger partial charge in [0.2, 0.25) is 5.91 Å². The first-order valence-electron chi connectivity index (χ1n) is 15.6. The molecule has 4 rings (SSSR count). The molecular weight excluding hydrogens is 494 g/mol. The average molecular weight is 546 g/mol. The molecule has 1 heterocycles. The molecule has 2 aliphatic rings. The first-order chi connectivity index (χ1) is 19.4. The summed E-state index contributed by atoms with van der Waals surface area (Å²) >= 11 is 0. The van der Waals surface area contributed by atoms with E-state index in [0.29, 0.717) is 30.5 Å². The van der Waals surface area contributed by atoms with Crippen LogP contribution in [-0.4, -0.2) is 48.6 Å². The van der Waals surface area contributed by atoms with Crippen molar-refractivity contribution in [1.29, 1.82) is 0 Å². The van der Waals surface area contributed by atoms with Crippen LogP contribution in [0.2, 0.25) is 0 Å². The molecule has 218 valence electrons.